The van der Waals surface area contributed by atoms with Crippen molar-refractivity contribution in [2.75, 3.05) is 78.1 Å². The number of thioether (sulfide) groups is 1. The van der Waals surface area contributed by atoms with Gasteiger partial charge in [0.1, 0.15) is 18.1 Å². The maximum atomic E-state index is 14.0. The number of benzene rings is 1. The lowest BCUT2D eigenvalue weighted by atomic mass is 9.86. The van der Waals surface area contributed by atoms with Crippen LogP contribution in [0.2, 0.25) is 26.2 Å². The molecule has 2 aliphatic rings. The number of rotatable bonds is 27. The van der Waals surface area contributed by atoms with Crippen molar-refractivity contribution in [2.24, 2.45) is 0 Å². The van der Waals surface area contributed by atoms with Gasteiger partial charge in [-0.3, -0.25) is 4.79 Å². The Morgan fingerprint density at radius 2 is 1.49 bits per heavy atom. The van der Waals surface area contributed by atoms with E-state index >= 15 is 0 Å². The van der Waals surface area contributed by atoms with E-state index in [4.69, 9.17) is 42.3 Å². The molecule has 1 atom stereocenters. The van der Waals surface area contributed by atoms with Crippen LogP contribution in [0.1, 0.15) is 48.2 Å². The number of carbonyl (C=O) groups is 1. The van der Waals surface area contributed by atoms with E-state index in [9.17, 15) is 19.8 Å². The highest BCUT2D eigenvalue weighted by Crippen LogP contribution is 2.39. The van der Waals surface area contributed by atoms with Crippen molar-refractivity contribution >= 4 is 50.5 Å². The number of fused-ring (bicyclic) bond motifs is 5. The maximum absolute atomic E-state index is 14.0. The van der Waals surface area contributed by atoms with Crippen LogP contribution in [0.4, 0.5) is 0 Å². The number of cyclic esters (lactones) is 1. The number of hydrogen-bond acceptors (Lipinski definition) is 18. The summed E-state index contributed by atoms with van der Waals surface area (Å²) in [5.74, 6) is -0.675. The van der Waals surface area contributed by atoms with E-state index in [2.05, 4.69) is 46.5 Å². The largest absolute Gasteiger partial charge is 0.508 e. The van der Waals surface area contributed by atoms with E-state index in [1.807, 2.05) is 13.1 Å². The number of carbonyl (C=O) groups excluding carboxylic acids is 1. The molecule has 0 radical (unpaired) electrons. The van der Waals surface area contributed by atoms with Gasteiger partial charge in [-0.1, -0.05) is 23.9 Å². The Bertz CT molecular complexity index is 2540. The normalized spacial score (nSPS) is 15.8. The van der Waals surface area contributed by atoms with E-state index in [1.54, 1.807) is 64.6 Å². The SMILES string of the molecule is CCOCCOCCOCCOCCOCCOCc1cn(Cc2cnc(SC[Si](C)(C)O[Si](C)(C)c3c4c(nc5ccc(O)cc35)-c3cc5c(c(=O)n3C4)COC(=O)[C@]5(O)CC)nc2)nn1. The van der Waals surface area contributed by atoms with Gasteiger partial charge < -0.3 is 52.1 Å². The average Bonchev–Trinajstić information content (AvgIpc) is 3.91. The molecule has 6 heterocycles. The van der Waals surface area contributed by atoms with Gasteiger partial charge in [-0.2, -0.15) is 0 Å². The van der Waals surface area contributed by atoms with Gasteiger partial charge in [0.2, 0.25) is 8.32 Å². The quantitative estimate of drug-likeness (QED) is 0.0246. The Balaban J connectivity index is 0.881. The fourth-order valence-corrected chi connectivity index (χ4v) is 18.9. The third kappa shape index (κ3) is 12.4. The molecule has 7 rings (SSSR count). The topological polar surface area (TPSA) is 223 Å². The molecule has 5 aromatic rings. The molecule has 0 fully saturated rings. The molecule has 22 heteroatoms. The smallest absolute Gasteiger partial charge is 0.343 e. The van der Waals surface area contributed by atoms with Crippen molar-refractivity contribution in [3.8, 4) is 17.1 Å². The molecular weight excluding hydrogens is 919 g/mol. The Morgan fingerprint density at radius 3 is 2.13 bits per heavy atom. The number of phenolic OH excluding ortho intramolecular Hbond substituents is 1. The molecule has 0 aliphatic carbocycles. The molecule has 2 aliphatic heterocycles. The van der Waals surface area contributed by atoms with Gasteiger partial charge in [0, 0.05) is 46.5 Å². The number of ether oxygens (including phenoxy) is 7. The highest BCUT2D eigenvalue weighted by atomic mass is 32.2. The average molecular weight is 980 g/mol. The predicted molar refractivity (Wildman–Crippen MR) is 253 cm³/mol. The van der Waals surface area contributed by atoms with Gasteiger partial charge in [-0.25, -0.2) is 24.4 Å². The second-order valence-corrected chi connectivity index (χ2v) is 26.9. The lowest BCUT2D eigenvalue weighted by molar-refractivity contribution is -0.172. The van der Waals surface area contributed by atoms with Crippen LogP contribution in [-0.4, -0.2) is 145 Å². The third-order valence-corrected chi connectivity index (χ3v) is 21.1. The molecule has 2 N–H and O–H groups in total. The van der Waals surface area contributed by atoms with Gasteiger partial charge in [0.05, 0.1) is 114 Å². The summed E-state index contributed by atoms with van der Waals surface area (Å²) < 4.78 is 48.8. The standard InChI is InChI=1S/C45H61N7O12SSi2/c1-7-45(56)37-22-39-40-35(27-52(39)42(54)36(37)29-63-43(45)55)41(34-21-33(53)9-10-38(34)48-40)67(5,6)64-66(3,4)30-65-44-46-23-31(24-47-44)25-51-26-32(49-50-51)28-62-20-19-61-18-17-60-16-15-59-14-13-58-12-11-57-8-2/h9-10,21-24,26,53,56H,7-8,11-20,25,27-30H2,1-6H3/t45-/m0/s1. The number of hydrogen-bond donors (Lipinski definition) is 2. The molecule has 0 bridgehead atoms. The molecule has 67 heavy (non-hydrogen) atoms. The van der Waals surface area contributed by atoms with Crippen LogP contribution in [0.15, 0.2) is 52.8 Å². The van der Waals surface area contributed by atoms with E-state index < -0.39 is 28.2 Å². The summed E-state index contributed by atoms with van der Waals surface area (Å²) in [6.45, 7) is 18.7. The molecule has 0 saturated carbocycles. The molecule has 0 amide bonds. The number of nitrogens with zero attached hydrogens (tertiary/aromatic N) is 7. The first kappa shape index (κ1) is 50.4. The highest BCUT2D eigenvalue weighted by Gasteiger charge is 2.46. The summed E-state index contributed by atoms with van der Waals surface area (Å²) in [5, 5.41) is 33.5. The minimum absolute atomic E-state index is 0.0498. The second-order valence-electron chi connectivity index (χ2n) is 17.3. The number of aliphatic hydroxyl groups is 1. The summed E-state index contributed by atoms with van der Waals surface area (Å²) in [6, 6.07) is 6.78. The lowest BCUT2D eigenvalue weighted by Crippen LogP contribution is -2.55. The first-order valence-corrected chi connectivity index (χ1v) is 29.6. The number of aromatic nitrogens is 7. The van der Waals surface area contributed by atoms with Crippen LogP contribution in [0, 0.1) is 0 Å². The zero-order valence-electron chi connectivity index (χ0n) is 39.1. The van der Waals surface area contributed by atoms with Crippen molar-refractivity contribution in [3.05, 3.63) is 81.2 Å². The summed E-state index contributed by atoms with van der Waals surface area (Å²) in [4.78, 5) is 41.1. The summed E-state index contributed by atoms with van der Waals surface area (Å²) in [5.41, 5.74) is 2.40. The molecule has 0 spiro atoms. The Hall–Kier alpha value is -4.47. The molecule has 1 aromatic carbocycles. The van der Waals surface area contributed by atoms with E-state index in [-0.39, 0.29) is 42.0 Å². The minimum atomic E-state index is -2.84. The second kappa shape index (κ2) is 22.8. The van der Waals surface area contributed by atoms with E-state index in [1.165, 1.54) is 0 Å². The fraction of sp³-hybridized carbons (Fsp3) is 0.533. The zero-order valence-corrected chi connectivity index (χ0v) is 41.9. The lowest BCUT2D eigenvalue weighted by Gasteiger charge is -2.35. The van der Waals surface area contributed by atoms with Gasteiger partial charge in [-0.05, 0) is 69.0 Å². The van der Waals surface area contributed by atoms with Crippen molar-refractivity contribution in [3.63, 3.8) is 0 Å². The van der Waals surface area contributed by atoms with E-state index in [0.29, 0.717) is 119 Å². The zero-order chi connectivity index (χ0) is 47.6. The van der Waals surface area contributed by atoms with Crippen LogP contribution in [0.3, 0.4) is 0 Å². The first-order valence-electron chi connectivity index (χ1n) is 22.6. The van der Waals surface area contributed by atoms with Crippen LogP contribution in [0.5, 0.6) is 5.75 Å². The van der Waals surface area contributed by atoms with Crippen molar-refractivity contribution < 1.29 is 52.3 Å². The number of aromatic hydroxyl groups is 1. The summed E-state index contributed by atoms with van der Waals surface area (Å²) in [6.07, 6.45) is 5.46. The van der Waals surface area contributed by atoms with Gasteiger partial charge in [0.25, 0.3) is 5.56 Å². The fourth-order valence-electron chi connectivity index (χ4n) is 8.25. The highest BCUT2D eigenvalue weighted by molar-refractivity contribution is 8.00. The molecule has 0 saturated heterocycles. The van der Waals surface area contributed by atoms with Crippen molar-refractivity contribution in [1.82, 2.24) is 34.5 Å². The summed E-state index contributed by atoms with van der Waals surface area (Å²) >= 11 is 1.54. The third-order valence-electron chi connectivity index (χ3n) is 11.3. The summed E-state index contributed by atoms with van der Waals surface area (Å²) in [7, 11) is -5.28. The minimum Gasteiger partial charge on any atom is -0.508 e. The molecule has 4 aromatic heterocycles. The van der Waals surface area contributed by atoms with Crippen LogP contribution >= 0.6 is 11.8 Å². The number of phenols is 1. The number of pyridine rings is 2. The van der Waals surface area contributed by atoms with Gasteiger partial charge >= 0.3 is 5.97 Å². The van der Waals surface area contributed by atoms with Gasteiger partial charge in [0.15, 0.2) is 19.1 Å². The first-order chi connectivity index (χ1) is 32.2. The Kier molecular flexibility index (Phi) is 17.1. The molecular formula is C45H61N7O12SSi2. The number of esters is 1. The van der Waals surface area contributed by atoms with Crippen LogP contribution < -0.4 is 10.7 Å². The molecule has 0 unspecified atom stereocenters. The Labute approximate surface area is 395 Å². The van der Waals surface area contributed by atoms with Gasteiger partial charge in [-0.15, -0.1) is 5.10 Å². The van der Waals surface area contributed by atoms with E-state index in [0.717, 1.165) is 21.7 Å². The monoisotopic (exact) mass is 979 g/mol. The molecule has 19 nitrogen and oxygen atoms in total. The Morgan fingerprint density at radius 1 is 0.851 bits per heavy atom. The van der Waals surface area contributed by atoms with Crippen LogP contribution in [-0.2, 0) is 74.0 Å². The van der Waals surface area contributed by atoms with Crippen molar-refractivity contribution in [1.29, 1.82) is 0 Å². The predicted octanol–water partition coefficient (Wildman–Crippen LogP) is 3.80. The van der Waals surface area contributed by atoms with Crippen molar-refractivity contribution in [2.45, 2.75) is 83.5 Å². The maximum Gasteiger partial charge on any atom is 0.343 e. The van der Waals surface area contributed by atoms with Crippen LogP contribution in [0.25, 0.3) is 22.3 Å². The molecule has 362 valence electrons.